The fraction of sp³-hybridized carbons (Fsp3) is 0. The molecule has 0 atom stereocenters. The smallest absolute Gasteiger partial charge is 0.164 e. The second-order valence-electron chi connectivity index (χ2n) is 15.3. The van der Waals surface area contributed by atoms with Crippen molar-refractivity contribution < 1.29 is 0 Å². The van der Waals surface area contributed by atoms with Gasteiger partial charge in [-0.3, -0.25) is 4.98 Å². The van der Waals surface area contributed by atoms with Gasteiger partial charge >= 0.3 is 0 Å². The lowest BCUT2D eigenvalue weighted by atomic mass is 9.89. The zero-order chi connectivity index (χ0) is 42.7. The molecule has 0 amide bonds. The molecule has 0 saturated heterocycles. The summed E-state index contributed by atoms with van der Waals surface area (Å²) in [4.78, 5) is 35.6. The van der Waals surface area contributed by atoms with Gasteiger partial charge in [-0.1, -0.05) is 200 Å². The first-order valence-electron chi connectivity index (χ1n) is 21.1. The summed E-state index contributed by atoms with van der Waals surface area (Å²) in [6, 6.07) is 74.0. The van der Waals surface area contributed by atoms with Crippen molar-refractivity contribution in [2.75, 3.05) is 0 Å². The van der Waals surface area contributed by atoms with Crippen LogP contribution in [0.3, 0.4) is 0 Å². The first kappa shape index (κ1) is 38.1. The normalized spacial score (nSPS) is 11.1. The predicted molar refractivity (Wildman–Crippen MR) is 257 cm³/mol. The van der Waals surface area contributed by atoms with Gasteiger partial charge in [-0.15, -0.1) is 0 Å². The van der Waals surface area contributed by atoms with Gasteiger partial charge in [-0.25, -0.2) is 29.9 Å². The SMILES string of the molecule is c1ccc(-c2nc(-c3ccccc3)nc(-c3ccccc3-c3ccc(-c4ccccc4-c4nc(-c5ccccc5)nc(-c5cccc6ccccc56)n4)cc3-c3ccccn3)n2)cc1. The summed E-state index contributed by atoms with van der Waals surface area (Å²) < 4.78 is 0. The average molecular weight is 820 g/mol. The summed E-state index contributed by atoms with van der Waals surface area (Å²) in [6.45, 7) is 0. The highest BCUT2D eigenvalue weighted by molar-refractivity contribution is 5.96. The van der Waals surface area contributed by atoms with E-state index in [2.05, 4.69) is 103 Å². The zero-order valence-corrected chi connectivity index (χ0v) is 34.5. The highest BCUT2D eigenvalue weighted by Crippen LogP contribution is 2.41. The van der Waals surface area contributed by atoms with E-state index in [0.717, 1.165) is 77.7 Å². The van der Waals surface area contributed by atoms with Gasteiger partial charge in [0.25, 0.3) is 0 Å². The molecular weight excluding hydrogens is 783 g/mol. The van der Waals surface area contributed by atoms with Crippen molar-refractivity contribution in [1.29, 1.82) is 0 Å². The lowest BCUT2D eigenvalue weighted by molar-refractivity contribution is 1.07. The highest BCUT2D eigenvalue weighted by atomic mass is 15.0. The summed E-state index contributed by atoms with van der Waals surface area (Å²) in [5.74, 6) is 3.59. The second kappa shape index (κ2) is 16.9. The Kier molecular flexibility index (Phi) is 10.1. The summed E-state index contributed by atoms with van der Waals surface area (Å²) in [5.41, 5.74) is 11.2. The molecular formula is C57H37N7. The lowest BCUT2D eigenvalue weighted by Crippen LogP contribution is -2.02. The van der Waals surface area contributed by atoms with Crippen LogP contribution in [0.2, 0.25) is 0 Å². The van der Waals surface area contributed by atoms with Crippen molar-refractivity contribution in [3.63, 3.8) is 0 Å². The minimum Gasteiger partial charge on any atom is -0.256 e. The molecule has 0 unspecified atom stereocenters. The van der Waals surface area contributed by atoms with Crippen LogP contribution in [-0.4, -0.2) is 34.9 Å². The Bertz CT molecular complexity index is 3370. The van der Waals surface area contributed by atoms with Crippen LogP contribution in [0.5, 0.6) is 0 Å². The van der Waals surface area contributed by atoms with E-state index in [1.54, 1.807) is 0 Å². The molecule has 0 fully saturated rings. The third kappa shape index (κ3) is 7.48. The molecule has 0 spiro atoms. The predicted octanol–water partition coefficient (Wildman–Crippen LogP) is 13.6. The number of nitrogens with zero attached hydrogens (tertiary/aromatic N) is 7. The van der Waals surface area contributed by atoms with E-state index in [1.807, 2.05) is 121 Å². The lowest BCUT2D eigenvalue weighted by Gasteiger charge is -2.17. The van der Waals surface area contributed by atoms with E-state index >= 15 is 0 Å². The number of fused-ring (bicyclic) bond motifs is 1. The van der Waals surface area contributed by atoms with E-state index in [1.165, 1.54) is 0 Å². The van der Waals surface area contributed by atoms with Gasteiger partial charge in [0.2, 0.25) is 0 Å². The quantitative estimate of drug-likeness (QED) is 0.143. The maximum Gasteiger partial charge on any atom is 0.164 e. The van der Waals surface area contributed by atoms with Crippen molar-refractivity contribution in [2.24, 2.45) is 0 Å². The van der Waals surface area contributed by atoms with Gasteiger partial charge in [0.15, 0.2) is 34.9 Å². The third-order valence-electron chi connectivity index (χ3n) is 11.3. The Balaban J connectivity index is 1.08. The van der Waals surface area contributed by atoms with Gasteiger partial charge in [-0.2, -0.15) is 0 Å². The van der Waals surface area contributed by atoms with Crippen molar-refractivity contribution >= 4 is 10.8 Å². The molecule has 64 heavy (non-hydrogen) atoms. The summed E-state index contributed by atoms with van der Waals surface area (Å²) in [7, 11) is 0. The van der Waals surface area contributed by atoms with Crippen LogP contribution in [-0.2, 0) is 0 Å². The monoisotopic (exact) mass is 819 g/mol. The molecule has 0 bridgehead atoms. The molecule has 300 valence electrons. The molecule has 0 aliphatic carbocycles. The van der Waals surface area contributed by atoms with Crippen LogP contribution in [0, 0.1) is 0 Å². The second-order valence-corrected chi connectivity index (χ2v) is 15.3. The molecule has 3 aromatic heterocycles. The Morgan fingerprint density at radius 3 is 1.25 bits per heavy atom. The number of hydrogen-bond acceptors (Lipinski definition) is 7. The molecule has 3 heterocycles. The molecule has 0 N–H and O–H groups in total. The molecule has 7 heteroatoms. The van der Waals surface area contributed by atoms with E-state index in [4.69, 9.17) is 34.9 Å². The third-order valence-corrected chi connectivity index (χ3v) is 11.3. The van der Waals surface area contributed by atoms with Crippen molar-refractivity contribution in [2.45, 2.75) is 0 Å². The average Bonchev–Trinajstić information content (AvgIpc) is 3.39. The molecule has 0 aliphatic heterocycles. The Hall–Kier alpha value is -8.81. The zero-order valence-electron chi connectivity index (χ0n) is 34.5. The van der Waals surface area contributed by atoms with Crippen molar-refractivity contribution in [3.8, 4) is 102 Å². The molecule has 11 rings (SSSR count). The summed E-state index contributed by atoms with van der Waals surface area (Å²) in [6.07, 6.45) is 1.83. The number of hydrogen-bond donors (Lipinski definition) is 0. The Morgan fingerprint density at radius 1 is 0.234 bits per heavy atom. The topological polar surface area (TPSA) is 90.2 Å². The van der Waals surface area contributed by atoms with Gasteiger partial charge in [0.05, 0.1) is 5.69 Å². The number of benzene rings is 8. The van der Waals surface area contributed by atoms with Gasteiger partial charge in [0, 0.05) is 45.1 Å². The van der Waals surface area contributed by atoms with Crippen molar-refractivity contribution in [1.82, 2.24) is 34.9 Å². The maximum atomic E-state index is 5.23. The van der Waals surface area contributed by atoms with E-state index in [-0.39, 0.29) is 0 Å². The van der Waals surface area contributed by atoms with E-state index in [9.17, 15) is 0 Å². The number of aromatic nitrogens is 7. The summed E-state index contributed by atoms with van der Waals surface area (Å²) in [5, 5.41) is 2.20. The van der Waals surface area contributed by atoms with E-state index < -0.39 is 0 Å². The number of rotatable bonds is 9. The molecule has 11 aromatic rings. The summed E-state index contributed by atoms with van der Waals surface area (Å²) >= 11 is 0. The van der Waals surface area contributed by atoms with Gasteiger partial charge in [0.1, 0.15) is 0 Å². The van der Waals surface area contributed by atoms with Crippen molar-refractivity contribution in [3.05, 3.63) is 225 Å². The minimum atomic E-state index is 0.579. The van der Waals surface area contributed by atoms with Gasteiger partial charge in [-0.05, 0) is 51.2 Å². The van der Waals surface area contributed by atoms with Crippen LogP contribution >= 0.6 is 0 Å². The molecule has 7 nitrogen and oxygen atoms in total. The fourth-order valence-corrected chi connectivity index (χ4v) is 8.21. The van der Waals surface area contributed by atoms with E-state index in [0.29, 0.717) is 34.9 Å². The van der Waals surface area contributed by atoms with Crippen LogP contribution in [0.15, 0.2) is 225 Å². The first-order valence-corrected chi connectivity index (χ1v) is 21.1. The Labute approximate surface area is 370 Å². The van der Waals surface area contributed by atoms with Crippen LogP contribution in [0.4, 0.5) is 0 Å². The minimum absolute atomic E-state index is 0.579. The maximum absolute atomic E-state index is 5.23. The van der Waals surface area contributed by atoms with Crippen LogP contribution in [0.25, 0.3) is 113 Å². The molecule has 0 saturated carbocycles. The fourth-order valence-electron chi connectivity index (χ4n) is 8.21. The molecule has 0 radical (unpaired) electrons. The highest BCUT2D eigenvalue weighted by Gasteiger charge is 2.21. The largest absolute Gasteiger partial charge is 0.256 e. The molecule has 8 aromatic carbocycles. The van der Waals surface area contributed by atoms with Crippen LogP contribution < -0.4 is 0 Å². The standard InChI is InChI=1S/C57H37N7/c1-4-20-39(21-5-1)52-59-53(40-22-6-2-7-23-40)61-57(60-52)49-31-15-13-29-45(49)46-35-34-42(37-50(46)51-33-16-17-36-58-51)44-28-12-14-30-47(44)55-62-54(41-24-8-3-9-25-41)63-56(64-55)48-32-18-26-38-19-10-11-27-43(38)48/h1-37H. The first-order chi connectivity index (χ1) is 31.7. The Morgan fingerprint density at radius 2 is 0.656 bits per heavy atom. The molecule has 0 aliphatic rings. The van der Waals surface area contributed by atoms with Crippen LogP contribution in [0.1, 0.15) is 0 Å². The number of pyridine rings is 1. The van der Waals surface area contributed by atoms with Gasteiger partial charge < -0.3 is 0 Å².